The maximum Gasteiger partial charge on any atom is 0.241 e. The van der Waals surface area contributed by atoms with Gasteiger partial charge in [-0.3, -0.25) is 14.5 Å². The van der Waals surface area contributed by atoms with Gasteiger partial charge in [-0.15, -0.1) is 11.8 Å². The molecule has 29 heavy (non-hydrogen) atoms. The van der Waals surface area contributed by atoms with Crippen LogP contribution in [0.25, 0.3) is 0 Å². The predicted octanol–water partition coefficient (Wildman–Crippen LogP) is 5.49. The van der Waals surface area contributed by atoms with Gasteiger partial charge in [0.25, 0.3) is 0 Å². The van der Waals surface area contributed by atoms with Crippen molar-refractivity contribution in [1.29, 1.82) is 0 Å². The van der Waals surface area contributed by atoms with Crippen molar-refractivity contribution in [2.45, 2.75) is 17.7 Å². The molecule has 1 fully saturated rings. The number of nitrogens with one attached hydrogen (secondary N) is 1. The minimum absolute atomic E-state index is 0.0125. The van der Waals surface area contributed by atoms with Gasteiger partial charge in [0.05, 0.1) is 5.75 Å². The van der Waals surface area contributed by atoms with Crippen molar-refractivity contribution in [3.63, 3.8) is 0 Å². The third kappa shape index (κ3) is 5.06. The Kier molecular flexibility index (Phi) is 5.96. The largest absolute Gasteiger partial charge is 0.326 e. The zero-order valence-corrected chi connectivity index (χ0v) is 16.8. The molecule has 4 nitrogen and oxygen atoms in total. The molecule has 1 N–H and O–H groups in total. The molecule has 5 heteroatoms. The van der Waals surface area contributed by atoms with E-state index < -0.39 is 0 Å². The average molecular weight is 403 g/mol. The van der Waals surface area contributed by atoms with Crippen LogP contribution in [-0.2, 0) is 9.59 Å². The normalized spacial score (nSPS) is 13.0. The second-order valence-electron chi connectivity index (χ2n) is 6.98. The molecule has 4 rings (SSSR count). The molecule has 1 saturated carbocycles. The van der Waals surface area contributed by atoms with Crippen molar-refractivity contribution >= 4 is 40.6 Å². The Morgan fingerprint density at radius 3 is 1.90 bits per heavy atom. The lowest BCUT2D eigenvalue weighted by atomic mass is 10.2. The standard InChI is InChI=1S/C24H22N2O2S/c27-23(26(20-7-3-1-4-8-20)21-9-5-2-6-10-21)17-29-22-15-13-19(14-16-22)25-24(28)18-11-12-18/h1-10,13-16,18H,11-12,17H2,(H,25,28). The van der Waals surface area contributed by atoms with Crippen molar-refractivity contribution in [3.05, 3.63) is 84.9 Å². The molecule has 0 radical (unpaired) electrons. The number of anilines is 3. The molecular formula is C24H22N2O2S. The van der Waals surface area contributed by atoms with Crippen LogP contribution in [0.2, 0.25) is 0 Å². The Morgan fingerprint density at radius 1 is 0.828 bits per heavy atom. The average Bonchev–Trinajstić information content (AvgIpc) is 3.61. The Bertz CT molecular complexity index is 931. The number of hydrogen-bond donors (Lipinski definition) is 1. The summed E-state index contributed by atoms with van der Waals surface area (Å²) < 4.78 is 0. The topological polar surface area (TPSA) is 49.4 Å². The first kappa shape index (κ1) is 19.3. The van der Waals surface area contributed by atoms with E-state index >= 15 is 0 Å². The summed E-state index contributed by atoms with van der Waals surface area (Å²) in [5.41, 5.74) is 2.50. The SMILES string of the molecule is O=C(Nc1ccc(SCC(=O)N(c2ccccc2)c2ccccc2)cc1)C1CC1. The van der Waals surface area contributed by atoms with Crippen molar-refractivity contribution in [1.82, 2.24) is 0 Å². The lowest BCUT2D eigenvalue weighted by molar-refractivity contribution is -0.117. The van der Waals surface area contributed by atoms with Crippen LogP contribution in [0.15, 0.2) is 89.8 Å². The maximum atomic E-state index is 13.1. The van der Waals surface area contributed by atoms with Gasteiger partial charge in [-0.2, -0.15) is 0 Å². The van der Waals surface area contributed by atoms with Crippen LogP contribution in [-0.4, -0.2) is 17.6 Å². The summed E-state index contributed by atoms with van der Waals surface area (Å²) in [5.74, 6) is 0.612. The van der Waals surface area contributed by atoms with Crippen molar-refractivity contribution in [3.8, 4) is 0 Å². The van der Waals surface area contributed by atoms with Crippen molar-refractivity contribution in [2.75, 3.05) is 16.0 Å². The van der Waals surface area contributed by atoms with Crippen LogP contribution >= 0.6 is 11.8 Å². The fourth-order valence-corrected chi connectivity index (χ4v) is 3.77. The molecule has 2 amide bonds. The number of hydrogen-bond acceptors (Lipinski definition) is 3. The number of para-hydroxylation sites is 2. The first-order chi connectivity index (χ1) is 14.2. The summed E-state index contributed by atoms with van der Waals surface area (Å²) in [5, 5.41) is 2.93. The van der Waals surface area contributed by atoms with Crippen LogP contribution in [0, 0.1) is 5.92 Å². The molecule has 3 aromatic carbocycles. The van der Waals surface area contributed by atoms with E-state index in [0.29, 0.717) is 5.75 Å². The second kappa shape index (κ2) is 8.97. The zero-order chi connectivity index (χ0) is 20.1. The quantitative estimate of drug-likeness (QED) is 0.532. The van der Waals surface area contributed by atoms with Crippen molar-refractivity contribution < 1.29 is 9.59 Å². The molecular weight excluding hydrogens is 380 g/mol. The summed E-state index contributed by atoms with van der Waals surface area (Å²) in [6.45, 7) is 0. The van der Waals surface area contributed by atoms with E-state index in [4.69, 9.17) is 0 Å². The molecule has 0 atom stereocenters. The molecule has 3 aromatic rings. The maximum absolute atomic E-state index is 13.1. The van der Waals surface area contributed by atoms with Gasteiger partial charge in [-0.05, 0) is 61.4 Å². The highest BCUT2D eigenvalue weighted by atomic mass is 32.2. The Hall–Kier alpha value is -3.05. The third-order valence-corrected chi connectivity index (χ3v) is 5.71. The minimum atomic E-state index is 0.0125. The monoisotopic (exact) mass is 402 g/mol. The second-order valence-corrected chi connectivity index (χ2v) is 8.03. The van der Waals surface area contributed by atoms with Crippen LogP contribution < -0.4 is 10.2 Å². The first-order valence-corrected chi connectivity index (χ1v) is 10.7. The van der Waals surface area contributed by atoms with Gasteiger partial charge in [0, 0.05) is 27.9 Å². The molecule has 0 saturated heterocycles. The number of carbonyl (C=O) groups excluding carboxylic acids is 2. The number of amides is 2. The van der Waals surface area contributed by atoms with Gasteiger partial charge in [-0.25, -0.2) is 0 Å². The number of rotatable bonds is 7. The van der Waals surface area contributed by atoms with Gasteiger partial charge in [0.15, 0.2) is 0 Å². The molecule has 0 aliphatic heterocycles. The van der Waals surface area contributed by atoms with Crippen LogP contribution in [0.5, 0.6) is 0 Å². The molecule has 146 valence electrons. The molecule has 0 aromatic heterocycles. The Labute approximate surface area is 174 Å². The molecule has 0 spiro atoms. The predicted molar refractivity (Wildman–Crippen MR) is 119 cm³/mol. The summed E-state index contributed by atoms with van der Waals surface area (Å²) in [6, 6.07) is 27.0. The van der Waals surface area contributed by atoms with E-state index in [1.54, 1.807) is 4.90 Å². The number of thioether (sulfide) groups is 1. The molecule has 0 unspecified atom stereocenters. The zero-order valence-electron chi connectivity index (χ0n) is 16.0. The highest BCUT2D eigenvalue weighted by Gasteiger charge is 2.29. The summed E-state index contributed by atoms with van der Waals surface area (Å²) in [7, 11) is 0. The van der Waals surface area contributed by atoms with E-state index in [-0.39, 0.29) is 17.7 Å². The van der Waals surface area contributed by atoms with Gasteiger partial charge in [0.1, 0.15) is 0 Å². The summed E-state index contributed by atoms with van der Waals surface area (Å²) in [4.78, 5) is 27.6. The number of nitrogens with zero attached hydrogens (tertiary/aromatic N) is 1. The third-order valence-electron chi connectivity index (χ3n) is 4.71. The summed E-state index contributed by atoms with van der Waals surface area (Å²) in [6.07, 6.45) is 1.97. The van der Waals surface area contributed by atoms with Gasteiger partial charge in [0.2, 0.25) is 11.8 Å². The van der Waals surface area contributed by atoms with E-state index in [1.807, 2.05) is 84.9 Å². The molecule has 0 bridgehead atoms. The van der Waals surface area contributed by atoms with E-state index in [2.05, 4.69) is 5.32 Å². The lowest BCUT2D eigenvalue weighted by Crippen LogP contribution is -2.27. The van der Waals surface area contributed by atoms with Crippen LogP contribution in [0.1, 0.15) is 12.8 Å². The van der Waals surface area contributed by atoms with Gasteiger partial charge >= 0.3 is 0 Å². The highest BCUT2D eigenvalue weighted by Crippen LogP contribution is 2.31. The molecule has 1 aliphatic rings. The smallest absolute Gasteiger partial charge is 0.241 e. The number of benzene rings is 3. The van der Waals surface area contributed by atoms with Gasteiger partial charge < -0.3 is 5.32 Å². The summed E-state index contributed by atoms with van der Waals surface area (Å²) >= 11 is 1.49. The highest BCUT2D eigenvalue weighted by molar-refractivity contribution is 8.00. The molecule has 0 heterocycles. The lowest BCUT2D eigenvalue weighted by Gasteiger charge is -2.23. The van der Waals surface area contributed by atoms with Crippen molar-refractivity contribution in [2.24, 2.45) is 5.92 Å². The Balaban J connectivity index is 1.42. The van der Waals surface area contributed by atoms with Gasteiger partial charge in [-0.1, -0.05) is 36.4 Å². The number of carbonyl (C=O) groups is 2. The fraction of sp³-hybridized carbons (Fsp3) is 0.167. The van der Waals surface area contributed by atoms with Crippen LogP contribution in [0.4, 0.5) is 17.1 Å². The van der Waals surface area contributed by atoms with E-state index in [0.717, 1.165) is 34.8 Å². The van der Waals surface area contributed by atoms with Crippen LogP contribution in [0.3, 0.4) is 0 Å². The fourth-order valence-electron chi connectivity index (χ4n) is 3.03. The van der Waals surface area contributed by atoms with E-state index in [9.17, 15) is 9.59 Å². The van der Waals surface area contributed by atoms with E-state index in [1.165, 1.54) is 11.8 Å². The Morgan fingerprint density at radius 2 is 1.38 bits per heavy atom. The molecule has 1 aliphatic carbocycles. The minimum Gasteiger partial charge on any atom is -0.326 e. The first-order valence-electron chi connectivity index (χ1n) is 9.67.